The number of nitrogens with two attached hydrogens (primary N) is 1. The van der Waals surface area contributed by atoms with E-state index in [9.17, 15) is 0 Å². The number of nitrogens with zero attached hydrogens (tertiary/aromatic N) is 5. The average Bonchev–Trinajstić information content (AvgIpc) is 3.55. The first-order valence-corrected chi connectivity index (χ1v) is 12.5. The highest BCUT2D eigenvalue weighted by molar-refractivity contribution is 5.78. The lowest BCUT2D eigenvalue weighted by atomic mass is 10.0. The molecule has 4 aromatic rings. The van der Waals surface area contributed by atoms with Crippen LogP contribution in [0.4, 0.5) is 17.3 Å². The smallest absolute Gasteiger partial charge is 0.177 e. The van der Waals surface area contributed by atoms with Gasteiger partial charge in [0.1, 0.15) is 11.6 Å². The SMILES string of the molecule is CC.CC/C=C(/N)c1cccc(-c2cc(Nc3cccc(N4CCCC4C)n3)c3nccn3n2)c1. The molecule has 3 N–H and O–H groups in total. The quantitative estimate of drug-likeness (QED) is 0.347. The van der Waals surface area contributed by atoms with E-state index < -0.39 is 0 Å². The Bertz CT molecular complexity index is 1310. The van der Waals surface area contributed by atoms with E-state index in [1.165, 1.54) is 12.8 Å². The maximum Gasteiger partial charge on any atom is 0.177 e. The van der Waals surface area contributed by atoms with Gasteiger partial charge < -0.3 is 16.0 Å². The van der Waals surface area contributed by atoms with Crippen LogP contribution in [0.25, 0.3) is 22.6 Å². The van der Waals surface area contributed by atoms with Gasteiger partial charge in [-0.25, -0.2) is 14.5 Å². The molecule has 0 aliphatic carbocycles. The minimum absolute atomic E-state index is 0.515. The Labute approximate surface area is 207 Å². The Morgan fingerprint density at radius 2 is 2.00 bits per heavy atom. The number of fused-ring (bicyclic) bond motifs is 1. The number of aromatic nitrogens is 4. The summed E-state index contributed by atoms with van der Waals surface area (Å²) in [5.74, 6) is 1.79. The van der Waals surface area contributed by atoms with Crippen molar-refractivity contribution in [3.63, 3.8) is 0 Å². The van der Waals surface area contributed by atoms with E-state index in [1.807, 2.05) is 62.5 Å². The van der Waals surface area contributed by atoms with E-state index in [-0.39, 0.29) is 0 Å². The summed E-state index contributed by atoms with van der Waals surface area (Å²) in [4.78, 5) is 11.8. The highest BCUT2D eigenvalue weighted by Crippen LogP contribution is 2.29. The zero-order valence-electron chi connectivity index (χ0n) is 21.1. The van der Waals surface area contributed by atoms with Crippen LogP contribution >= 0.6 is 0 Å². The van der Waals surface area contributed by atoms with E-state index in [2.05, 4.69) is 41.2 Å². The normalized spacial score (nSPS) is 15.7. The van der Waals surface area contributed by atoms with Gasteiger partial charge in [-0.1, -0.05) is 51.1 Å². The number of benzene rings is 1. The van der Waals surface area contributed by atoms with Gasteiger partial charge in [0, 0.05) is 36.2 Å². The van der Waals surface area contributed by atoms with Crippen LogP contribution < -0.4 is 16.0 Å². The van der Waals surface area contributed by atoms with Gasteiger partial charge in [-0.05, 0) is 56.0 Å². The molecule has 4 heterocycles. The first kappa shape index (κ1) is 24.3. The summed E-state index contributed by atoms with van der Waals surface area (Å²) in [6.45, 7) is 9.39. The van der Waals surface area contributed by atoms with Gasteiger partial charge in [0.2, 0.25) is 0 Å². The summed E-state index contributed by atoms with van der Waals surface area (Å²) in [7, 11) is 0. The van der Waals surface area contributed by atoms with Crippen molar-refractivity contribution in [2.24, 2.45) is 5.73 Å². The van der Waals surface area contributed by atoms with Crippen molar-refractivity contribution in [1.29, 1.82) is 0 Å². The number of allylic oxidation sites excluding steroid dienone is 1. The largest absolute Gasteiger partial charge is 0.399 e. The molecule has 1 unspecified atom stereocenters. The Morgan fingerprint density at radius 3 is 2.77 bits per heavy atom. The van der Waals surface area contributed by atoms with E-state index >= 15 is 0 Å². The molecule has 1 aliphatic rings. The summed E-state index contributed by atoms with van der Waals surface area (Å²) in [6, 6.07) is 16.8. The summed E-state index contributed by atoms with van der Waals surface area (Å²) < 4.78 is 1.79. The van der Waals surface area contributed by atoms with Gasteiger partial charge in [-0.3, -0.25) is 0 Å². The summed E-state index contributed by atoms with van der Waals surface area (Å²) in [6.07, 6.45) is 8.95. The Balaban J connectivity index is 0.00000141. The third-order valence-corrected chi connectivity index (χ3v) is 6.12. The molecule has 7 nitrogen and oxygen atoms in total. The molecule has 1 aromatic carbocycles. The fraction of sp³-hybridized carbons (Fsp3) is 0.321. The van der Waals surface area contributed by atoms with Crippen molar-refractivity contribution in [3.05, 3.63) is 72.6 Å². The van der Waals surface area contributed by atoms with Gasteiger partial charge in [0.25, 0.3) is 0 Å². The van der Waals surface area contributed by atoms with Crippen LogP contribution in [0.15, 0.2) is 67.0 Å². The third-order valence-electron chi connectivity index (χ3n) is 6.12. The number of nitrogens with one attached hydrogen (secondary N) is 1. The predicted molar refractivity (Wildman–Crippen MR) is 146 cm³/mol. The summed E-state index contributed by atoms with van der Waals surface area (Å²) in [5.41, 5.74) is 11.4. The Morgan fingerprint density at radius 1 is 1.17 bits per heavy atom. The van der Waals surface area contributed by atoms with Gasteiger partial charge in [0.15, 0.2) is 5.65 Å². The molecule has 1 atom stereocenters. The highest BCUT2D eigenvalue weighted by atomic mass is 15.3. The molecule has 1 aliphatic heterocycles. The Hall–Kier alpha value is -3.87. The van der Waals surface area contributed by atoms with Crippen molar-refractivity contribution in [1.82, 2.24) is 19.6 Å². The van der Waals surface area contributed by atoms with Crippen molar-refractivity contribution < 1.29 is 0 Å². The van der Waals surface area contributed by atoms with Gasteiger partial charge >= 0.3 is 0 Å². The highest BCUT2D eigenvalue weighted by Gasteiger charge is 2.21. The standard InChI is InChI=1S/C26H29N7.C2H6/c1-3-7-21(27)19-9-4-10-20(16-19)22-17-23(26-28-13-15-33(26)31-22)29-24-11-5-12-25(30-24)32-14-6-8-18(32)2;1-2/h4-5,7,9-13,15-18H,3,6,8,14,27H2,1-2H3,(H,29,30);1-2H3/b21-7+;. The van der Waals surface area contributed by atoms with Crippen molar-refractivity contribution >= 4 is 28.7 Å². The lowest BCUT2D eigenvalue weighted by Gasteiger charge is -2.23. The second-order valence-electron chi connectivity index (χ2n) is 8.48. The number of anilines is 3. The van der Waals surface area contributed by atoms with E-state index in [1.54, 1.807) is 10.7 Å². The van der Waals surface area contributed by atoms with Gasteiger partial charge in [-0.2, -0.15) is 5.10 Å². The zero-order valence-corrected chi connectivity index (χ0v) is 21.1. The number of rotatable bonds is 6. The molecular weight excluding hydrogens is 434 g/mol. The number of hydrogen-bond acceptors (Lipinski definition) is 6. The molecule has 35 heavy (non-hydrogen) atoms. The zero-order chi connectivity index (χ0) is 24.8. The molecule has 182 valence electrons. The maximum atomic E-state index is 6.24. The van der Waals surface area contributed by atoms with Gasteiger partial charge in [0.05, 0.1) is 11.4 Å². The molecule has 0 amide bonds. The van der Waals surface area contributed by atoms with Crippen molar-refractivity contribution in [3.8, 4) is 11.3 Å². The maximum absolute atomic E-state index is 6.24. The second kappa shape index (κ2) is 11.0. The molecule has 7 heteroatoms. The van der Waals surface area contributed by atoms with Crippen molar-refractivity contribution in [2.75, 3.05) is 16.8 Å². The molecule has 5 rings (SSSR count). The van der Waals surface area contributed by atoms with Gasteiger partial charge in [-0.15, -0.1) is 0 Å². The topological polar surface area (TPSA) is 84.4 Å². The minimum Gasteiger partial charge on any atom is -0.399 e. The number of imidazole rings is 1. The first-order chi connectivity index (χ1) is 17.1. The van der Waals surface area contributed by atoms with E-state index in [0.29, 0.717) is 6.04 Å². The van der Waals surface area contributed by atoms with Crippen LogP contribution in [0.1, 0.15) is 52.5 Å². The van der Waals surface area contributed by atoms with E-state index in [0.717, 1.165) is 58.5 Å². The third kappa shape index (κ3) is 5.29. The molecule has 3 aromatic heterocycles. The molecule has 1 saturated heterocycles. The second-order valence-corrected chi connectivity index (χ2v) is 8.48. The lowest BCUT2D eigenvalue weighted by molar-refractivity contribution is 0.727. The number of pyridine rings is 1. The minimum atomic E-state index is 0.515. The van der Waals surface area contributed by atoms with Crippen LogP contribution in [0.2, 0.25) is 0 Å². The number of hydrogen-bond donors (Lipinski definition) is 2. The molecule has 1 fully saturated rings. The monoisotopic (exact) mass is 469 g/mol. The van der Waals surface area contributed by atoms with Crippen LogP contribution in [-0.2, 0) is 0 Å². The first-order valence-electron chi connectivity index (χ1n) is 12.5. The van der Waals surface area contributed by atoms with E-state index in [4.69, 9.17) is 15.8 Å². The fourth-order valence-corrected chi connectivity index (χ4v) is 4.41. The predicted octanol–water partition coefficient (Wildman–Crippen LogP) is 6.26. The lowest BCUT2D eigenvalue weighted by Crippen LogP contribution is -2.27. The molecule has 0 spiro atoms. The Kier molecular flexibility index (Phi) is 7.65. The molecular formula is C28H35N7. The molecule has 0 radical (unpaired) electrons. The van der Waals surface area contributed by atoms with Crippen LogP contribution in [-0.4, -0.2) is 32.2 Å². The van der Waals surface area contributed by atoms with Crippen LogP contribution in [0.5, 0.6) is 0 Å². The summed E-state index contributed by atoms with van der Waals surface area (Å²) in [5, 5.41) is 8.25. The van der Waals surface area contributed by atoms with Crippen molar-refractivity contribution in [2.45, 2.75) is 53.0 Å². The fourth-order valence-electron chi connectivity index (χ4n) is 4.41. The average molecular weight is 470 g/mol. The molecule has 0 bridgehead atoms. The van der Waals surface area contributed by atoms with Crippen LogP contribution in [0, 0.1) is 0 Å². The summed E-state index contributed by atoms with van der Waals surface area (Å²) >= 11 is 0. The van der Waals surface area contributed by atoms with Crippen LogP contribution in [0.3, 0.4) is 0 Å². The molecule has 0 saturated carbocycles.